The van der Waals surface area contributed by atoms with Crippen molar-refractivity contribution < 1.29 is 9.53 Å². The van der Waals surface area contributed by atoms with E-state index in [1.54, 1.807) is 13.2 Å². The zero-order valence-electron chi connectivity index (χ0n) is 12.1. The average Bonchev–Trinajstić information content (AvgIpc) is 2.49. The van der Waals surface area contributed by atoms with Gasteiger partial charge in [0, 0.05) is 32.0 Å². The smallest absolute Gasteiger partial charge is 0.138 e. The van der Waals surface area contributed by atoms with Gasteiger partial charge in [-0.2, -0.15) is 5.26 Å². The van der Waals surface area contributed by atoms with E-state index in [0.717, 1.165) is 31.6 Å². The molecule has 106 valence electrons. The Kier molecular flexibility index (Phi) is 4.75. The van der Waals surface area contributed by atoms with Crippen molar-refractivity contribution in [1.29, 1.82) is 5.26 Å². The number of carbonyl (C=O) groups excluding carboxylic acids is 1. The summed E-state index contributed by atoms with van der Waals surface area (Å²) in [5.74, 6) is 1.18. The van der Waals surface area contributed by atoms with Crippen molar-refractivity contribution in [2.24, 2.45) is 5.92 Å². The standard InChI is InChI=1S/C16H20N2O2/c1-3-13-11-18(7-6-15(13)19)10-12-4-5-14(9-17)16(8-12)20-2/h4-5,8,13H,3,6-7,10-11H2,1-2H3. The monoisotopic (exact) mass is 272 g/mol. The molecule has 1 heterocycles. The van der Waals surface area contributed by atoms with Crippen molar-refractivity contribution >= 4 is 5.78 Å². The molecule has 1 unspecified atom stereocenters. The van der Waals surface area contributed by atoms with Crippen LogP contribution in [-0.4, -0.2) is 30.9 Å². The number of ether oxygens (including phenoxy) is 1. The van der Waals surface area contributed by atoms with Crippen LogP contribution in [0.4, 0.5) is 0 Å². The highest BCUT2D eigenvalue weighted by Crippen LogP contribution is 2.22. The quantitative estimate of drug-likeness (QED) is 0.844. The highest BCUT2D eigenvalue weighted by atomic mass is 16.5. The van der Waals surface area contributed by atoms with E-state index >= 15 is 0 Å². The fourth-order valence-electron chi connectivity index (χ4n) is 2.66. The number of piperidine rings is 1. The Labute approximate surface area is 120 Å². The van der Waals surface area contributed by atoms with Gasteiger partial charge < -0.3 is 4.74 Å². The highest BCUT2D eigenvalue weighted by Gasteiger charge is 2.25. The molecule has 0 aliphatic carbocycles. The van der Waals surface area contributed by atoms with Crippen LogP contribution in [0.1, 0.15) is 30.9 Å². The molecule has 4 heteroatoms. The van der Waals surface area contributed by atoms with Crippen LogP contribution in [0.3, 0.4) is 0 Å². The zero-order valence-corrected chi connectivity index (χ0v) is 12.1. The first kappa shape index (κ1) is 14.5. The Balaban J connectivity index is 2.07. The Bertz CT molecular complexity index is 534. The van der Waals surface area contributed by atoms with Crippen LogP contribution in [0.5, 0.6) is 5.75 Å². The summed E-state index contributed by atoms with van der Waals surface area (Å²) in [5, 5.41) is 8.98. The van der Waals surface area contributed by atoms with Crippen molar-refractivity contribution in [2.75, 3.05) is 20.2 Å². The van der Waals surface area contributed by atoms with Crippen molar-refractivity contribution in [3.8, 4) is 11.8 Å². The van der Waals surface area contributed by atoms with Crippen LogP contribution in [0.15, 0.2) is 18.2 Å². The van der Waals surface area contributed by atoms with Crippen LogP contribution >= 0.6 is 0 Å². The number of benzene rings is 1. The summed E-state index contributed by atoms with van der Waals surface area (Å²) in [5.41, 5.74) is 1.67. The van der Waals surface area contributed by atoms with Crippen LogP contribution in [-0.2, 0) is 11.3 Å². The molecule has 0 spiro atoms. The molecule has 1 aromatic carbocycles. The maximum absolute atomic E-state index is 11.7. The lowest BCUT2D eigenvalue weighted by atomic mass is 9.94. The van der Waals surface area contributed by atoms with Gasteiger partial charge in [0.1, 0.15) is 17.6 Å². The van der Waals surface area contributed by atoms with E-state index in [9.17, 15) is 4.79 Å². The molecule has 1 atom stereocenters. The normalized spacial score (nSPS) is 19.6. The van der Waals surface area contributed by atoms with Crippen molar-refractivity contribution in [3.05, 3.63) is 29.3 Å². The number of nitrogens with zero attached hydrogens (tertiary/aromatic N) is 2. The van der Waals surface area contributed by atoms with Gasteiger partial charge in [-0.3, -0.25) is 9.69 Å². The molecule has 0 aromatic heterocycles. The van der Waals surface area contributed by atoms with Crippen LogP contribution in [0, 0.1) is 17.2 Å². The maximum atomic E-state index is 11.7. The topological polar surface area (TPSA) is 53.3 Å². The summed E-state index contributed by atoms with van der Waals surface area (Å²) in [6.45, 7) is 4.51. The molecule has 1 fully saturated rings. The molecule has 1 aromatic rings. The van der Waals surface area contributed by atoms with Gasteiger partial charge in [-0.05, 0) is 24.1 Å². The van der Waals surface area contributed by atoms with Gasteiger partial charge in [-0.1, -0.05) is 13.0 Å². The second-order valence-corrected chi connectivity index (χ2v) is 5.20. The summed E-state index contributed by atoms with van der Waals surface area (Å²) in [7, 11) is 1.58. The van der Waals surface area contributed by atoms with Crippen molar-refractivity contribution in [2.45, 2.75) is 26.3 Å². The predicted molar refractivity (Wildman–Crippen MR) is 76.4 cm³/mol. The number of likely N-dealkylation sites (tertiary alicyclic amines) is 1. The number of nitriles is 1. The summed E-state index contributed by atoms with van der Waals surface area (Å²) in [4.78, 5) is 14.0. The van der Waals surface area contributed by atoms with Gasteiger partial charge in [-0.15, -0.1) is 0 Å². The molecule has 0 N–H and O–H groups in total. The Morgan fingerprint density at radius 1 is 1.50 bits per heavy atom. The number of hydrogen-bond donors (Lipinski definition) is 0. The molecule has 0 saturated carbocycles. The molecule has 2 rings (SSSR count). The lowest BCUT2D eigenvalue weighted by molar-refractivity contribution is -0.126. The second-order valence-electron chi connectivity index (χ2n) is 5.20. The fraction of sp³-hybridized carbons (Fsp3) is 0.500. The summed E-state index contributed by atoms with van der Waals surface area (Å²) in [6, 6.07) is 7.78. The van der Waals surface area contributed by atoms with E-state index in [4.69, 9.17) is 10.00 Å². The third-order valence-electron chi connectivity index (χ3n) is 3.89. The van der Waals surface area contributed by atoms with E-state index in [2.05, 4.69) is 17.9 Å². The largest absolute Gasteiger partial charge is 0.495 e. The molecule has 1 aliphatic heterocycles. The van der Waals surface area contributed by atoms with Gasteiger partial charge in [0.05, 0.1) is 12.7 Å². The first-order valence-corrected chi connectivity index (χ1v) is 7.00. The first-order chi connectivity index (χ1) is 9.67. The molecular weight excluding hydrogens is 252 g/mol. The molecule has 0 bridgehead atoms. The fourth-order valence-corrected chi connectivity index (χ4v) is 2.66. The number of methoxy groups -OCH3 is 1. The molecule has 1 aliphatic rings. The zero-order chi connectivity index (χ0) is 14.5. The molecule has 0 radical (unpaired) electrons. The van der Waals surface area contributed by atoms with Gasteiger partial charge in [0.25, 0.3) is 0 Å². The Hall–Kier alpha value is -1.86. The number of hydrogen-bond acceptors (Lipinski definition) is 4. The van der Waals surface area contributed by atoms with Crippen molar-refractivity contribution in [3.63, 3.8) is 0 Å². The highest BCUT2D eigenvalue weighted by molar-refractivity contribution is 5.82. The van der Waals surface area contributed by atoms with Gasteiger partial charge in [0.2, 0.25) is 0 Å². The van der Waals surface area contributed by atoms with Crippen LogP contribution < -0.4 is 4.74 Å². The number of rotatable bonds is 4. The lowest BCUT2D eigenvalue weighted by Crippen LogP contribution is -2.40. The van der Waals surface area contributed by atoms with E-state index in [1.807, 2.05) is 12.1 Å². The van der Waals surface area contributed by atoms with E-state index in [0.29, 0.717) is 23.5 Å². The number of ketones is 1. The first-order valence-electron chi connectivity index (χ1n) is 7.00. The average molecular weight is 272 g/mol. The predicted octanol–water partition coefficient (Wildman–Crippen LogP) is 2.37. The summed E-state index contributed by atoms with van der Waals surface area (Å²) >= 11 is 0. The molecular formula is C16H20N2O2. The second kappa shape index (κ2) is 6.53. The summed E-state index contributed by atoms with van der Waals surface area (Å²) in [6.07, 6.45) is 1.55. The minimum Gasteiger partial charge on any atom is -0.495 e. The summed E-state index contributed by atoms with van der Waals surface area (Å²) < 4.78 is 5.23. The van der Waals surface area contributed by atoms with Gasteiger partial charge in [-0.25, -0.2) is 0 Å². The Morgan fingerprint density at radius 2 is 2.30 bits per heavy atom. The third kappa shape index (κ3) is 3.17. The molecule has 1 saturated heterocycles. The van der Waals surface area contributed by atoms with Gasteiger partial charge >= 0.3 is 0 Å². The minimum absolute atomic E-state index is 0.170. The SMILES string of the molecule is CCC1CN(Cc2ccc(C#N)c(OC)c2)CCC1=O. The lowest BCUT2D eigenvalue weighted by Gasteiger charge is -2.31. The third-order valence-corrected chi connectivity index (χ3v) is 3.89. The Morgan fingerprint density at radius 3 is 2.95 bits per heavy atom. The van der Waals surface area contributed by atoms with E-state index in [-0.39, 0.29) is 5.92 Å². The van der Waals surface area contributed by atoms with E-state index < -0.39 is 0 Å². The van der Waals surface area contributed by atoms with Gasteiger partial charge in [0.15, 0.2) is 0 Å². The number of carbonyl (C=O) groups is 1. The number of Topliss-reactive ketones (excluding diaryl/α,β-unsaturated/α-hetero) is 1. The van der Waals surface area contributed by atoms with Crippen LogP contribution in [0.2, 0.25) is 0 Å². The van der Waals surface area contributed by atoms with Crippen LogP contribution in [0.25, 0.3) is 0 Å². The molecule has 4 nitrogen and oxygen atoms in total. The molecule has 0 amide bonds. The maximum Gasteiger partial charge on any atom is 0.138 e. The van der Waals surface area contributed by atoms with E-state index in [1.165, 1.54) is 0 Å². The minimum atomic E-state index is 0.170. The van der Waals surface area contributed by atoms with Crippen molar-refractivity contribution in [1.82, 2.24) is 4.90 Å². The molecule has 20 heavy (non-hydrogen) atoms.